The number of ether oxygens (including phenoxy) is 2. The van der Waals surface area contributed by atoms with Crippen LogP contribution >= 0.6 is 0 Å². The number of rotatable bonds is 7. The highest BCUT2D eigenvalue weighted by Gasteiger charge is 2.14. The van der Waals surface area contributed by atoms with Crippen molar-refractivity contribution in [1.29, 1.82) is 0 Å². The zero-order chi connectivity index (χ0) is 23.0. The molecule has 4 rings (SSSR count). The number of hydrogen-bond acceptors (Lipinski definition) is 5. The summed E-state index contributed by atoms with van der Waals surface area (Å²) in [5.41, 5.74) is 3.93. The first-order valence-corrected chi connectivity index (χ1v) is 10.4. The number of carbonyl (C=O) groups is 2. The van der Waals surface area contributed by atoms with Crippen LogP contribution in [0.15, 0.2) is 84.9 Å². The first-order valence-electron chi connectivity index (χ1n) is 10.4. The fourth-order valence-corrected chi connectivity index (χ4v) is 3.36. The van der Waals surface area contributed by atoms with Gasteiger partial charge in [0.1, 0.15) is 6.61 Å². The van der Waals surface area contributed by atoms with Gasteiger partial charge in [-0.05, 0) is 30.3 Å². The van der Waals surface area contributed by atoms with Crippen LogP contribution < -0.4 is 10.6 Å². The van der Waals surface area contributed by atoms with Gasteiger partial charge in [-0.3, -0.25) is 10.1 Å². The number of para-hydroxylation sites is 1. The lowest BCUT2D eigenvalue weighted by Crippen LogP contribution is -2.17. The van der Waals surface area contributed by atoms with Crippen LogP contribution in [0, 0.1) is 0 Å². The van der Waals surface area contributed by atoms with Gasteiger partial charge < -0.3 is 14.8 Å². The van der Waals surface area contributed by atoms with Crippen molar-refractivity contribution in [3.8, 4) is 11.3 Å². The number of pyridine rings is 1. The SMILES string of the molecule is COCCOC(=O)Nc1cccc(NC(=O)c2cc(-c3ccccc3)nc3ccccc23)c1. The minimum Gasteiger partial charge on any atom is -0.447 e. The predicted octanol–water partition coefficient (Wildman–Crippen LogP) is 5.35. The van der Waals surface area contributed by atoms with E-state index in [1.165, 1.54) is 7.11 Å². The van der Waals surface area contributed by atoms with Gasteiger partial charge in [-0.1, -0.05) is 54.6 Å². The Balaban J connectivity index is 1.58. The summed E-state index contributed by atoms with van der Waals surface area (Å²) in [6.45, 7) is 0.464. The van der Waals surface area contributed by atoms with E-state index in [4.69, 9.17) is 14.5 Å². The van der Waals surface area contributed by atoms with Crippen LogP contribution in [0.1, 0.15) is 10.4 Å². The third-order valence-corrected chi connectivity index (χ3v) is 4.92. The van der Waals surface area contributed by atoms with Crippen LogP contribution in [0.2, 0.25) is 0 Å². The summed E-state index contributed by atoms with van der Waals surface area (Å²) < 4.78 is 9.87. The summed E-state index contributed by atoms with van der Waals surface area (Å²) in [6.07, 6.45) is -0.594. The monoisotopic (exact) mass is 441 g/mol. The molecule has 0 saturated heterocycles. The number of nitrogens with zero attached hydrogens (tertiary/aromatic N) is 1. The summed E-state index contributed by atoms with van der Waals surface area (Å²) in [5, 5.41) is 6.31. The van der Waals surface area contributed by atoms with E-state index in [-0.39, 0.29) is 12.5 Å². The topological polar surface area (TPSA) is 89.5 Å². The smallest absolute Gasteiger partial charge is 0.411 e. The molecular weight excluding hydrogens is 418 g/mol. The first kappa shape index (κ1) is 22.0. The van der Waals surface area contributed by atoms with Crippen LogP contribution in [0.4, 0.5) is 16.2 Å². The second-order valence-corrected chi connectivity index (χ2v) is 7.23. The molecule has 0 spiro atoms. The number of amides is 2. The van der Waals surface area contributed by atoms with Gasteiger partial charge in [0.05, 0.1) is 23.4 Å². The minimum atomic E-state index is -0.594. The lowest BCUT2D eigenvalue weighted by molar-refractivity contribution is 0.102. The number of aromatic nitrogens is 1. The Labute approximate surface area is 191 Å². The van der Waals surface area contributed by atoms with E-state index < -0.39 is 6.09 Å². The standard InChI is InChI=1S/C26H23N3O4/c1-32-14-15-33-26(31)28-20-11-7-10-19(16-20)27-25(30)22-17-24(18-8-3-2-4-9-18)29-23-13-6-5-12-21(22)23/h2-13,16-17H,14-15H2,1H3,(H,27,30)(H,28,31). The predicted molar refractivity (Wildman–Crippen MR) is 128 cm³/mol. The van der Waals surface area contributed by atoms with Crippen LogP contribution in [0.3, 0.4) is 0 Å². The van der Waals surface area contributed by atoms with E-state index in [2.05, 4.69) is 10.6 Å². The van der Waals surface area contributed by atoms with Gasteiger partial charge in [0.2, 0.25) is 0 Å². The summed E-state index contributed by atoms with van der Waals surface area (Å²) >= 11 is 0. The molecule has 0 saturated carbocycles. The highest BCUT2D eigenvalue weighted by Crippen LogP contribution is 2.26. The second kappa shape index (κ2) is 10.4. The Morgan fingerprint density at radius 2 is 1.55 bits per heavy atom. The van der Waals surface area contributed by atoms with Crippen molar-refractivity contribution in [1.82, 2.24) is 4.98 Å². The number of methoxy groups -OCH3 is 1. The summed E-state index contributed by atoms with van der Waals surface area (Å²) in [5.74, 6) is -0.273. The quantitative estimate of drug-likeness (QED) is 0.378. The van der Waals surface area contributed by atoms with E-state index >= 15 is 0 Å². The fraction of sp³-hybridized carbons (Fsp3) is 0.115. The molecule has 33 heavy (non-hydrogen) atoms. The van der Waals surface area contributed by atoms with Gasteiger partial charge >= 0.3 is 6.09 Å². The maximum absolute atomic E-state index is 13.3. The average Bonchev–Trinajstić information content (AvgIpc) is 2.84. The van der Waals surface area contributed by atoms with Gasteiger partial charge in [0, 0.05) is 29.4 Å². The lowest BCUT2D eigenvalue weighted by atomic mass is 10.0. The molecule has 0 aliphatic rings. The molecule has 0 atom stereocenters. The van der Waals surface area contributed by atoms with Crippen LogP contribution in [0.5, 0.6) is 0 Å². The summed E-state index contributed by atoms with van der Waals surface area (Å²) in [4.78, 5) is 29.9. The lowest BCUT2D eigenvalue weighted by Gasteiger charge is -2.12. The zero-order valence-electron chi connectivity index (χ0n) is 18.1. The number of hydrogen-bond donors (Lipinski definition) is 2. The molecule has 7 nitrogen and oxygen atoms in total. The molecule has 2 amide bonds. The Morgan fingerprint density at radius 1 is 0.818 bits per heavy atom. The number of nitrogens with one attached hydrogen (secondary N) is 2. The molecule has 0 aliphatic carbocycles. The Kier molecular flexibility index (Phi) is 6.92. The zero-order valence-corrected chi connectivity index (χ0v) is 18.1. The third-order valence-electron chi connectivity index (χ3n) is 4.92. The van der Waals surface area contributed by atoms with Crippen LogP contribution in [-0.2, 0) is 9.47 Å². The number of carbonyl (C=O) groups excluding carboxylic acids is 2. The van der Waals surface area contributed by atoms with Crippen molar-refractivity contribution in [2.24, 2.45) is 0 Å². The van der Waals surface area contributed by atoms with Crippen molar-refractivity contribution >= 4 is 34.3 Å². The molecule has 166 valence electrons. The average molecular weight is 441 g/mol. The van der Waals surface area contributed by atoms with E-state index in [0.717, 1.165) is 16.5 Å². The molecule has 0 aliphatic heterocycles. The molecular formula is C26H23N3O4. The van der Waals surface area contributed by atoms with Crippen molar-refractivity contribution in [2.45, 2.75) is 0 Å². The third kappa shape index (κ3) is 5.53. The summed E-state index contributed by atoms with van der Waals surface area (Å²) in [6, 6.07) is 25.9. The van der Waals surface area contributed by atoms with E-state index in [9.17, 15) is 9.59 Å². The molecule has 0 bridgehead atoms. The van der Waals surface area contributed by atoms with Gasteiger partial charge in [0.15, 0.2) is 0 Å². The molecule has 2 N–H and O–H groups in total. The molecule has 0 radical (unpaired) electrons. The van der Waals surface area contributed by atoms with Crippen molar-refractivity contribution in [3.05, 3.63) is 90.5 Å². The highest BCUT2D eigenvalue weighted by atomic mass is 16.6. The maximum Gasteiger partial charge on any atom is 0.411 e. The first-order chi connectivity index (χ1) is 16.1. The molecule has 0 fully saturated rings. The van der Waals surface area contributed by atoms with Gasteiger partial charge in [-0.15, -0.1) is 0 Å². The molecule has 1 aromatic heterocycles. The van der Waals surface area contributed by atoms with E-state index in [1.807, 2.05) is 54.6 Å². The Bertz CT molecular complexity index is 1280. The molecule has 0 unspecified atom stereocenters. The molecule has 7 heteroatoms. The molecule has 1 heterocycles. The maximum atomic E-state index is 13.3. The van der Waals surface area contributed by atoms with Gasteiger partial charge in [-0.25, -0.2) is 9.78 Å². The second-order valence-electron chi connectivity index (χ2n) is 7.23. The number of fused-ring (bicyclic) bond motifs is 1. The number of benzene rings is 3. The van der Waals surface area contributed by atoms with Crippen molar-refractivity contribution in [3.63, 3.8) is 0 Å². The fourth-order valence-electron chi connectivity index (χ4n) is 3.36. The normalized spacial score (nSPS) is 10.6. The van der Waals surface area contributed by atoms with E-state index in [0.29, 0.717) is 29.2 Å². The largest absolute Gasteiger partial charge is 0.447 e. The van der Waals surface area contributed by atoms with E-state index in [1.54, 1.807) is 30.3 Å². The summed E-state index contributed by atoms with van der Waals surface area (Å²) in [7, 11) is 1.53. The Morgan fingerprint density at radius 3 is 2.33 bits per heavy atom. The number of anilines is 2. The van der Waals surface area contributed by atoms with Gasteiger partial charge in [0.25, 0.3) is 5.91 Å². The molecule has 4 aromatic rings. The molecule has 3 aromatic carbocycles. The minimum absolute atomic E-state index is 0.150. The highest BCUT2D eigenvalue weighted by molar-refractivity contribution is 6.13. The van der Waals surface area contributed by atoms with Crippen molar-refractivity contribution < 1.29 is 19.1 Å². The van der Waals surface area contributed by atoms with Crippen LogP contribution in [-0.4, -0.2) is 37.3 Å². The van der Waals surface area contributed by atoms with Crippen molar-refractivity contribution in [2.75, 3.05) is 31.0 Å². The van der Waals surface area contributed by atoms with Crippen LogP contribution in [0.25, 0.3) is 22.2 Å². The Hall–Kier alpha value is -4.23. The van der Waals surface area contributed by atoms with Gasteiger partial charge in [-0.2, -0.15) is 0 Å².